The molecule has 0 aliphatic heterocycles. The van der Waals surface area contributed by atoms with Crippen molar-refractivity contribution in [2.24, 2.45) is 0 Å². The predicted octanol–water partition coefficient (Wildman–Crippen LogP) is 2.47. The van der Waals surface area contributed by atoms with Crippen molar-refractivity contribution in [1.29, 1.82) is 0 Å². The lowest BCUT2D eigenvalue weighted by molar-refractivity contribution is 0.827. The number of nitrogens with zero attached hydrogens (tertiary/aromatic N) is 1. The lowest BCUT2D eigenvalue weighted by Gasteiger charge is -2.12. The summed E-state index contributed by atoms with van der Waals surface area (Å²) in [5.41, 5.74) is 2.20. The molecule has 0 amide bonds. The third kappa shape index (κ3) is 3.10. The molecule has 1 N–H and O–H groups in total. The minimum Gasteiger partial charge on any atom is -0.382 e. The Morgan fingerprint density at radius 1 is 1.64 bits per heavy atom. The van der Waals surface area contributed by atoms with E-state index in [-0.39, 0.29) is 0 Å². The molecule has 14 heavy (non-hydrogen) atoms. The smallest absolute Gasteiger partial charge is 0.0421 e. The molecular weight excluding hydrogens is 172 g/mol. The normalized spacial score (nSPS) is 11.8. The highest BCUT2D eigenvalue weighted by Crippen LogP contribution is 2.10. The van der Waals surface area contributed by atoms with E-state index < -0.39 is 0 Å². The molecule has 1 atom stereocenters. The van der Waals surface area contributed by atoms with Crippen LogP contribution in [0.25, 0.3) is 0 Å². The van der Waals surface area contributed by atoms with Gasteiger partial charge in [-0.15, -0.1) is 12.3 Å². The van der Waals surface area contributed by atoms with E-state index in [1.807, 2.05) is 12.3 Å². The minimum absolute atomic E-state index is 0.312. The Morgan fingerprint density at radius 2 is 2.43 bits per heavy atom. The molecule has 0 aromatic carbocycles. The number of hydrogen-bond acceptors (Lipinski definition) is 2. The van der Waals surface area contributed by atoms with Crippen molar-refractivity contribution in [3.8, 4) is 12.3 Å². The van der Waals surface area contributed by atoms with Gasteiger partial charge in [-0.2, -0.15) is 0 Å². The van der Waals surface area contributed by atoms with Crippen LogP contribution in [0.4, 0.5) is 5.69 Å². The maximum absolute atomic E-state index is 5.24. The van der Waals surface area contributed by atoms with E-state index in [1.165, 1.54) is 0 Å². The summed E-state index contributed by atoms with van der Waals surface area (Å²) in [5, 5.41) is 3.34. The lowest BCUT2D eigenvalue weighted by Crippen LogP contribution is -2.14. The van der Waals surface area contributed by atoms with Gasteiger partial charge in [0.1, 0.15) is 0 Å². The van der Waals surface area contributed by atoms with E-state index >= 15 is 0 Å². The number of rotatable bonds is 4. The summed E-state index contributed by atoms with van der Waals surface area (Å²) < 4.78 is 0. The average molecular weight is 188 g/mol. The summed E-state index contributed by atoms with van der Waals surface area (Å²) in [7, 11) is 0. The van der Waals surface area contributed by atoms with Crippen LogP contribution in [-0.2, 0) is 6.42 Å². The van der Waals surface area contributed by atoms with Gasteiger partial charge in [0.25, 0.3) is 0 Å². The summed E-state index contributed by atoms with van der Waals surface area (Å²) in [6.45, 7) is 4.17. The fourth-order valence-corrected chi connectivity index (χ4v) is 1.27. The van der Waals surface area contributed by atoms with Crippen LogP contribution in [0.3, 0.4) is 0 Å². The van der Waals surface area contributed by atoms with Gasteiger partial charge < -0.3 is 5.32 Å². The van der Waals surface area contributed by atoms with E-state index in [4.69, 9.17) is 6.42 Å². The fraction of sp³-hybridized carbons (Fsp3) is 0.417. The third-order valence-corrected chi connectivity index (χ3v) is 2.02. The lowest BCUT2D eigenvalue weighted by atomic mass is 10.2. The van der Waals surface area contributed by atoms with Crippen molar-refractivity contribution < 1.29 is 0 Å². The molecule has 1 unspecified atom stereocenters. The van der Waals surface area contributed by atoms with Crippen LogP contribution < -0.4 is 5.32 Å². The van der Waals surface area contributed by atoms with Gasteiger partial charge in [0, 0.05) is 30.0 Å². The molecule has 0 aliphatic carbocycles. The Balaban J connectivity index is 2.63. The Kier molecular flexibility index (Phi) is 4.00. The second kappa shape index (κ2) is 5.29. The maximum atomic E-state index is 5.24. The summed E-state index contributed by atoms with van der Waals surface area (Å²) >= 11 is 0. The number of hydrogen-bond donors (Lipinski definition) is 1. The van der Waals surface area contributed by atoms with Crippen LogP contribution >= 0.6 is 0 Å². The van der Waals surface area contributed by atoms with E-state index in [0.717, 1.165) is 24.2 Å². The highest BCUT2D eigenvalue weighted by atomic mass is 14.9. The first-order valence-corrected chi connectivity index (χ1v) is 4.91. The summed E-state index contributed by atoms with van der Waals surface area (Å²) in [4.78, 5) is 4.23. The minimum atomic E-state index is 0.312. The van der Waals surface area contributed by atoms with Crippen LogP contribution in [0.1, 0.15) is 26.0 Å². The Hall–Kier alpha value is -1.49. The van der Waals surface area contributed by atoms with E-state index in [1.54, 1.807) is 0 Å². The Labute approximate surface area is 85.8 Å². The van der Waals surface area contributed by atoms with Gasteiger partial charge in [0.05, 0.1) is 0 Å². The summed E-state index contributed by atoms with van der Waals surface area (Å²) in [6.07, 6.45) is 8.76. The molecule has 0 saturated heterocycles. The van der Waals surface area contributed by atoms with Crippen LogP contribution in [0.15, 0.2) is 18.3 Å². The maximum Gasteiger partial charge on any atom is 0.0421 e. The highest BCUT2D eigenvalue weighted by molar-refractivity contribution is 5.44. The molecule has 0 fully saturated rings. The SMILES string of the molecule is C#CCC(C)Nc1ccnc(CC)c1. The largest absolute Gasteiger partial charge is 0.382 e. The molecule has 0 spiro atoms. The van der Waals surface area contributed by atoms with Crippen molar-refractivity contribution >= 4 is 5.69 Å². The molecule has 0 bridgehead atoms. The van der Waals surface area contributed by atoms with Gasteiger partial charge in [0.2, 0.25) is 0 Å². The van der Waals surface area contributed by atoms with E-state index in [0.29, 0.717) is 6.04 Å². The number of pyridine rings is 1. The van der Waals surface area contributed by atoms with Crippen LogP contribution in [-0.4, -0.2) is 11.0 Å². The Bertz CT molecular complexity index is 325. The number of terminal acetylenes is 1. The molecule has 74 valence electrons. The fourth-order valence-electron chi connectivity index (χ4n) is 1.27. The zero-order chi connectivity index (χ0) is 10.4. The molecule has 1 aromatic heterocycles. The standard InChI is InChI=1S/C12H16N2/c1-4-6-10(3)14-12-7-8-13-11(5-2)9-12/h1,7-10H,5-6H2,2-3H3,(H,13,14). The van der Waals surface area contributed by atoms with E-state index in [2.05, 4.69) is 36.1 Å². The zero-order valence-corrected chi connectivity index (χ0v) is 8.75. The second-order valence-electron chi connectivity index (χ2n) is 3.34. The Morgan fingerprint density at radius 3 is 3.07 bits per heavy atom. The first kappa shape index (κ1) is 10.6. The zero-order valence-electron chi connectivity index (χ0n) is 8.75. The van der Waals surface area contributed by atoms with Crippen molar-refractivity contribution in [2.75, 3.05) is 5.32 Å². The highest BCUT2D eigenvalue weighted by Gasteiger charge is 2.00. The van der Waals surface area contributed by atoms with Gasteiger partial charge in [-0.3, -0.25) is 4.98 Å². The van der Waals surface area contributed by atoms with Crippen LogP contribution in [0.5, 0.6) is 0 Å². The van der Waals surface area contributed by atoms with Crippen molar-refractivity contribution in [2.45, 2.75) is 32.7 Å². The summed E-state index contributed by atoms with van der Waals surface area (Å²) in [5.74, 6) is 2.64. The molecule has 1 aromatic rings. The number of aryl methyl sites for hydroxylation is 1. The number of nitrogens with one attached hydrogen (secondary N) is 1. The first-order valence-electron chi connectivity index (χ1n) is 4.91. The molecule has 1 rings (SSSR count). The summed E-state index contributed by atoms with van der Waals surface area (Å²) in [6, 6.07) is 4.34. The van der Waals surface area contributed by atoms with Crippen molar-refractivity contribution in [3.63, 3.8) is 0 Å². The van der Waals surface area contributed by atoms with Gasteiger partial charge in [-0.1, -0.05) is 6.92 Å². The van der Waals surface area contributed by atoms with Gasteiger partial charge in [-0.05, 0) is 25.5 Å². The third-order valence-electron chi connectivity index (χ3n) is 2.02. The molecular formula is C12H16N2. The topological polar surface area (TPSA) is 24.9 Å². The monoisotopic (exact) mass is 188 g/mol. The quantitative estimate of drug-likeness (QED) is 0.734. The predicted molar refractivity (Wildman–Crippen MR) is 60.1 cm³/mol. The van der Waals surface area contributed by atoms with Gasteiger partial charge in [-0.25, -0.2) is 0 Å². The van der Waals surface area contributed by atoms with Crippen molar-refractivity contribution in [1.82, 2.24) is 4.98 Å². The molecule has 0 saturated carbocycles. The number of anilines is 1. The first-order chi connectivity index (χ1) is 6.76. The molecule has 0 aliphatic rings. The van der Waals surface area contributed by atoms with Crippen LogP contribution in [0, 0.1) is 12.3 Å². The second-order valence-corrected chi connectivity index (χ2v) is 3.34. The molecule has 1 heterocycles. The van der Waals surface area contributed by atoms with Gasteiger partial charge >= 0.3 is 0 Å². The van der Waals surface area contributed by atoms with Crippen molar-refractivity contribution in [3.05, 3.63) is 24.0 Å². The van der Waals surface area contributed by atoms with Gasteiger partial charge in [0.15, 0.2) is 0 Å². The average Bonchev–Trinajstić information content (AvgIpc) is 2.18. The molecule has 2 heteroatoms. The van der Waals surface area contributed by atoms with E-state index in [9.17, 15) is 0 Å². The number of aromatic nitrogens is 1. The van der Waals surface area contributed by atoms with Crippen LogP contribution in [0.2, 0.25) is 0 Å². The molecule has 2 nitrogen and oxygen atoms in total. The molecule has 0 radical (unpaired) electrons.